The number of halogens is 2. The number of nitrogens with zero attached hydrogens (tertiary/aromatic N) is 1. The molecule has 0 radical (unpaired) electrons. The number of hydrogen-bond donors (Lipinski definition) is 3. The number of aromatic nitrogens is 1. The summed E-state index contributed by atoms with van der Waals surface area (Å²) in [5.74, 6) is -2.51. The van der Waals surface area contributed by atoms with Crippen LogP contribution in [0.1, 0.15) is 20.7 Å². The lowest BCUT2D eigenvalue weighted by Gasteiger charge is -2.09. The number of amides is 1. The maximum atomic E-state index is 12.0. The minimum Gasteiger partial charge on any atom is -0.505 e. The average Bonchev–Trinajstić information content (AvgIpc) is 2.40. The van der Waals surface area contributed by atoms with Gasteiger partial charge in [-0.1, -0.05) is 29.3 Å². The molecule has 2 aromatic rings. The van der Waals surface area contributed by atoms with Crippen LogP contribution in [0, 0.1) is 0 Å². The molecule has 6 nitrogen and oxygen atoms in total. The topological polar surface area (TPSA) is 99.5 Å². The summed E-state index contributed by atoms with van der Waals surface area (Å²) in [5.41, 5.74) is -0.333. The van der Waals surface area contributed by atoms with Crippen molar-refractivity contribution >= 4 is 40.8 Å². The molecule has 1 aromatic carbocycles. The molecular weight excluding hydrogens is 319 g/mol. The van der Waals surface area contributed by atoms with Crippen molar-refractivity contribution in [3.63, 3.8) is 0 Å². The van der Waals surface area contributed by atoms with Crippen LogP contribution < -0.4 is 5.32 Å². The molecule has 0 aliphatic carbocycles. The summed E-state index contributed by atoms with van der Waals surface area (Å²) < 4.78 is 0. The Morgan fingerprint density at radius 2 is 1.81 bits per heavy atom. The second-order valence-corrected chi connectivity index (χ2v) is 4.68. The van der Waals surface area contributed by atoms with Gasteiger partial charge in [0.05, 0.1) is 11.3 Å². The number of aromatic carboxylic acids is 1. The number of hydrogen-bond acceptors (Lipinski definition) is 4. The third kappa shape index (κ3) is 3.24. The van der Waals surface area contributed by atoms with Gasteiger partial charge < -0.3 is 15.5 Å². The predicted molar refractivity (Wildman–Crippen MR) is 77.3 cm³/mol. The monoisotopic (exact) mass is 326 g/mol. The summed E-state index contributed by atoms with van der Waals surface area (Å²) in [5, 5.41) is 21.1. The first kappa shape index (κ1) is 15.1. The van der Waals surface area contributed by atoms with Crippen molar-refractivity contribution in [1.82, 2.24) is 4.98 Å². The number of para-hydroxylation sites is 1. The molecule has 1 amide bonds. The first-order chi connectivity index (χ1) is 9.90. The molecule has 0 saturated carbocycles. The summed E-state index contributed by atoms with van der Waals surface area (Å²) in [7, 11) is 0. The molecule has 108 valence electrons. The van der Waals surface area contributed by atoms with Crippen molar-refractivity contribution in [2.75, 3.05) is 5.32 Å². The van der Waals surface area contributed by atoms with E-state index in [1.54, 1.807) is 0 Å². The number of carboxylic acid groups (broad SMARTS) is 1. The predicted octanol–water partition coefficient (Wildman–Crippen LogP) is 3.04. The highest BCUT2D eigenvalue weighted by Crippen LogP contribution is 2.28. The van der Waals surface area contributed by atoms with Crippen LogP contribution >= 0.6 is 23.2 Å². The van der Waals surface area contributed by atoms with Crippen molar-refractivity contribution in [2.45, 2.75) is 0 Å². The number of rotatable bonds is 3. The fourth-order valence-electron chi connectivity index (χ4n) is 1.59. The fourth-order valence-corrected chi connectivity index (χ4v) is 2.02. The zero-order valence-corrected chi connectivity index (χ0v) is 11.8. The Morgan fingerprint density at radius 3 is 2.43 bits per heavy atom. The third-order valence-electron chi connectivity index (χ3n) is 2.57. The molecule has 0 bridgehead atoms. The quantitative estimate of drug-likeness (QED) is 0.594. The molecule has 2 rings (SSSR count). The van der Waals surface area contributed by atoms with Crippen LogP contribution in [0.4, 0.5) is 5.69 Å². The SMILES string of the molecule is O=C(Nc1cccc(C(=O)O)c1O)c1ccc(Cl)nc1Cl. The third-order valence-corrected chi connectivity index (χ3v) is 3.07. The van der Waals surface area contributed by atoms with E-state index in [9.17, 15) is 14.7 Å². The van der Waals surface area contributed by atoms with Gasteiger partial charge in [0, 0.05) is 0 Å². The summed E-state index contributed by atoms with van der Waals surface area (Å²) >= 11 is 11.4. The second-order valence-electron chi connectivity index (χ2n) is 3.93. The zero-order chi connectivity index (χ0) is 15.6. The molecule has 0 unspecified atom stereocenters. The second kappa shape index (κ2) is 5.99. The summed E-state index contributed by atoms with van der Waals surface area (Å²) in [4.78, 5) is 26.7. The number of carbonyl (C=O) groups excluding carboxylic acids is 1. The van der Waals surface area contributed by atoms with E-state index in [0.717, 1.165) is 0 Å². The van der Waals surface area contributed by atoms with Crippen LogP contribution in [0.25, 0.3) is 0 Å². The Bertz CT molecular complexity index is 734. The van der Waals surface area contributed by atoms with E-state index in [1.165, 1.54) is 30.3 Å². The van der Waals surface area contributed by atoms with E-state index < -0.39 is 17.6 Å². The number of pyridine rings is 1. The van der Waals surface area contributed by atoms with E-state index in [4.69, 9.17) is 28.3 Å². The van der Waals surface area contributed by atoms with Crippen LogP contribution in [0.3, 0.4) is 0 Å². The lowest BCUT2D eigenvalue weighted by atomic mass is 10.1. The first-order valence-electron chi connectivity index (χ1n) is 5.59. The Balaban J connectivity index is 2.32. The zero-order valence-electron chi connectivity index (χ0n) is 10.3. The van der Waals surface area contributed by atoms with Crippen molar-refractivity contribution < 1.29 is 19.8 Å². The molecule has 1 heterocycles. The molecule has 21 heavy (non-hydrogen) atoms. The summed E-state index contributed by atoms with van der Waals surface area (Å²) in [6, 6.07) is 6.71. The molecule has 0 aliphatic heterocycles. The molecule has 1 aromatic heterocycles. The molecule has 0 fully saturated rings. The number of nitrogens with one attached hydrogen (secondary N) is 1. The maximum absolute atomic E-state index is 12.0. The van der Waals surface area contributed by atoms with Crippen molar-refractivity contribution in [1.29, 1.82) is 0 Å². The Kier molecular flexibility index (Phi) is 4.30. The van der Waals surface area contributed by atoms with Gasteiger partial charge in [0.25, 0.3) is 5.91 Å². The van der Waals surface area contributed by atoms with Crippen LogP contribution in [-0.2, 0) is 0 Å². The van der Waals surface area contributed by atoms with Gasteiger partial charge in [-0.3, -0.25) is 4.79 Å². The lowest BCUT2D eigenvalue weighted by molar-refractivity contribution is 0.0693. The van der Waals surface area contributed by atoms with Crippen LogP contribution in [0.15, 0.2) is 30.3 Å². The van der Waals surface area contributed by atoms with Gasteiger partial charge in [-0.25, -0.2) is 9.78 Å². The summed E-state index contributed by atoms with van der Waals surface area (Å²) in [6.45, 7) is 0. The fraction of sp³-hybridized carbons (Fsp3) is 0. The number of phenols is 1. The highest BCUT2D eigenvalue weighted by Gasteiger charge is 2.17. The molecule has 0 spiro atoms. The lowest BCUT2D eigenvalue weighted by Crippen LogP contribution is -2.13. The molecule has 0 saturated heterocycles. The highest BCUT2D eigenvalue weighted by molar-refractivity contribution is 6.35. The molecule has 8 heteroatoms. The Labute approximate surface area is 129 Å². The number of carbonyl (C=O) groups is 2. The number of benzene rings is 1. The standard InChI is InChI=1S/C13H8Cl2N2O4/c14-9-5-4-7(11(15)17-9)12(19)16-8-3-1-2-6(10(8)18)13(20)21/h1-5,18H,(H,16,19)(H,20,21). The van der Waals surface area contributed by atoms with E-state index in [2.05, 4.69) is 10.3 Å². The van der Waals surface area contributed by atoms with Gasteiger partial charge in [-0.05, 0) is 24.3 Å². The van der Waals surface area contributed by atoms with Crippen molar-refractivity contribution in [3.8, 4) is 5.75 Å². The van der Waals surface area contributed by atoms with Gasteiger partial charge in [0.15, 0.2) is 5.75 Å². The summed E-state index contributed by atoms with van der Waals surface area (Å²) in [6.07, 6.45) is 0. The molecule has 3 N–H and O–H groups in total. The molecule has 0 atom stereocenters. The van der Waals surface area contributed by atoms with E-state index in [0.29, 0.717) is 0 Å². The van der Waals surface area contributed by atoms with Crippen molar-refractivity contribution in [2.24, 2.45) is 0 Å². The first-order valence-corrected chi connectivity index (χ1v) is 6.34. The Hall–Kier alpha value is -2.31. The van der Waals surface area contributed by atoms with Gasteiger partial charge in [-0.2, -0.15) is 0 Å². The van der Waals surface area contributed by atoms with Gasteiger partial charge in [0.1, 0.15) is 15.9 Å². The number of aromatic hydroxyl groups is 1. The maximum Gasteiger partial charge on any atom is 0.339 e. The average molecular weight is 327 g/mol. The van der Waals surface area contributed by atoms with Crippen LogP contribution in [0.5, 0.6) is 5.75 Å². The normalized spacial score (nSPS) is 10.2. The van der Waals surface area contributed by atoms with Crippen molar-refractivity contribution in [3.05, 3.63) is 51.8 Å². The van der Waals surface area contributed by atoms with Crippen LogP contribution in [-0.4, -0.2) is 27.1 Å². The van der Waals surface area contributed by atoms with E-state index >= 15 is 0 Å². The van der Waals surface area contributed by atoms with Crippen LogP contribution in [0.2, 0.25) is 10.3 Å². The van der Waals surface area contributed by atoms with E-state index in [1.807, 2.05) is 0 Å². The Morgan fingerprint density at radius 1 is 1.10 bits per heavy atom. The number of carboxylic acids is 1. The minimum atomic E-state index is -1.31. The molecular formula is C13H8Cl2N2O4. The molecule has 0 aliphatic rings. The number of anilines is 1. The van der Waals surface area contributed by atoms with Gasteiger partial charge >= 0.3 is 5.97 Å². The van der Waals surface area contributed by atoms with Gasteiger partial charge in [0.2, 0.25) is 0 Å². The highest BCUT2D eigenvalue weighted by atomic mass is 35.5. The minimum absolute atomic E-state index is 0.0428. The van der Waals surface area contributed by atoms with Gasteiger partial charge in [-0.15, -0.1) is 0 Å². The smallest absolute Gasteiger partial charge is 0.339 e. The van der Waals surface area contributed by atoms with E-state index in [-0.39, 0.29) is 27.1 Å². The largest absolute Gasteiger partial charge is 0.505 e.